The zero-order chi connectivity index (χ0) is 40.6. The molecular weight excluding hydrogens is 737 g/mol. The molecule has 0 bridgehead atoms. The maximum Gasteiger partial charge on any atom is 0.122 e. The second kappa shape index (κ2) is 32.4. The first-order valence-corrected chi connectivity index (χ1v) is 25.8. The summed E-state index contributed by atoms with van der Waals surface area (Å²) in [4.78, 5) is 0. The Morgan fingerprint density at radius 1 is 0.509 bits per heavy atom. The Bertz CT molecular complexity index is 1460. The van der Waals surface area contributed by atoms with Crippen LogP contribution >= 0.6 is 21.6 Å². The highest BCUT2D eigenvalue weighted by Gasteiger charge is 2.12. The molecule has 3 rings (SSSR count). The molecule has 0 fully saturated rings. The van der Waals surface area contributed by atoms with Gasteiger partial charge in [-0.3, -0.25) is 0 Å². The van der Waals surface area contributed by atoms with Crippen LogP contribution in [0.5, 0.6) is 11.5 Å². The fourth-order valence-electron chi connectivity index (χ4n) is 7.17. The number of unbranched alkanes of at least 4 members (excludes halogenated alkanes) is 19. The predicted octanol–water partition coefficient (Wildman–Crippen LogP) is 18.4. The van der Waals surface area contributed by atoms with Crippen molar-refractivity contribution in [1.29, 1.82) is 0 Å². The molecule has 0 aliphatic carbocycles. The van der Waals surface area contributed by atoms with E-state index in [4.69, 9.17) is 9.47 Å². The third kappa shape index (κ3) is 21.9. The molecule has 0 spiro atoms. The highest BCUT2D eigenvalue weighted by molar-refractivity contribution is 8.76. The molecule has 6 heteroatoms. The van der Waals surface area contributed by atoms with Crippen molar-refractivity contribution in [1.82, 2.24) is 0 Å². The lowest BCUT2D eigenvalue weighted by Gasteiger charge is -2.16. The number of hydrogen-bond donors (Lipinski definition) is 0. The minimum Gasteiger partial charge on any atom is -0.494 e. The molecule has 0 aliphatic heterocycles. The summed E-state index contributed by atoms with van der Waals surface area (Å²) in [5.74, 6) is 5.00. The van der Waals surface area contributed by atoms with Crippen LogP contribution in [0.15, 0.2) is 70.9 Å². The van der Waals surface area contributed by atoms with Gasteiger partial charge in [0.05, 0.1) is 24.6 Å². The smallest absolute Gasteiger partial charge is 0.122 e. The van der Waals surface area contributed by atoms with E-state index in [0.717, 1.165) is 61.8 Å². The summed E-state index contributed by atoms with van der Waals surface area (Å²) < 4.78 is 12.2. The third-order valence-electron chi connectivity index (χ3n) is 11.1. The zero-order valence-corrected chi connectivity index (χ0v) is 38.6. The van der Waals surface area contributed by atoms with Crippen LogP contribution in [0.2, 0.25) is 0 Å². The normalized spacial score (nSPS) is 12.1. The molecule has 1 unspecified atom stereocenters. The monoisotopic (exact) mass is 817 g/mol. The van der Waals surface area contributed by atoms with Crippen molar-refractivity contribution in [3.63, 3.8) is 0 Å². The van der Waals surface area contributed by atoms with Crippen molar-refractivity contribution in [3.05, 3.63) is 71.8 Å². The van der Waals surface area contributed by atoms with E-state index in [1.54, 1.807) is 0 Å². The molecular formula is C51H80N2O2S2. The molecule has 0 heterocycles. The van der Waals surface area contributed by atoms with Gasteiger partial charge in [-0.15, -0.1) is 0 Å². The topological polar surface area (TPSA) is 43.2 Å². The number of aryl methyl sites for hydroxylation is 1. The van der Waals surface area contributed by atoms with E-state index in [9.17, 15) is 0 Å². The molecule has 57 heavy (non-hydrogen) atoms. The molecule has 4 nitrogen and oxygen atoms in total. The van der Waals surface area contributed by atoms with Crippen LogP contribution in [-0.2, 0) is 0 Å². The van der Waals surface area contributed by atoms with Gasteiger partial charge in [-0.1, -0.05) is 183 Å². The van der Waals surface area contributed by atoms with Crippen molar-refractivity contribution in [2.45, 2.75) is 188 Å². The Morgan fingerprint density at radius 2 is 1.00 bits per heavy atom. The van der Waals surface area contributed by atoms with Gasteiger partial charge in [-0.05, 0) is 110 Å². The Kier molecular flexibility index (Phi) is 27.8. The highest BCUT2D eigenvalue weighted by Crippen LogP contribution is 2.34. The van der Waals surface area contributed by atoms with Crippen molar-refractivity contribution in [3.8, 4) is 22.6 Å². The average Bonchev–Trinajstić information content (AvgIpc) is 3.23. The van der Waals surface area contributed by atoms with E-state index in [1.165, 1.54) is 156 Å². The van der Waals surface area contributed by atoms with Crippen molar-refractivity contribution >= 4 is 33.0 Å². The van der Waals surface area contributed by atoms with Crippen LogP contribution in [0.4, 0.5) is 11.4 Å². The summed E-state index contributed by atoms with van der Waals surface area (Å²) in [5.41, 5.74) is 6.50. The lowest BCUT2D eigenvalue weighted by molar-refractivity contribution is 0.299. The van der Waals surface area contributed by atoms with Gasteiger partial charge in [0.2, 0.25) is 0 Å². The number of ether oxygens (including phenoxy) is 2. The van der Waals surface area contributed by atoms with Crippen LogP contribution in [0.1, 0.15) is 192 Å². The van der Waals surface area contributed by atoms with E-state index in [-0.39, 0.29) is 0 Å². The zero-order valence-electron chi connectivity index (χ0n) is 37.0. The first-order valence-electron chi connectivity index (χ1n) is 23.3. The quantitative estimate of drug-likeness (QED) is 0.0337. The predicted molar refractivity (Wildman–Crippen MR) is 255 cm³/mol. The number of azo groups is 1. The van der Waals surface area contributed by atoms with Crippen LogP contribution < -0.4 is 9.47 Å². The van der Waals surface area contributed by atoms with Gasteiger partial charge in [0.25, 0.3) is 0 Å². The van der Waals surface area contributed by atoms with Crippen LogP contribution in [-0.4, -0.2) is 24.7 Å². The summed E-state index contributed by atoms with van der Waals surface area (Å²) in [6.45, 7) is 12.7. The van der Waals surface area contributed by atoms with Gasteiger partial charge in [-0.2, -0.15) is 10.2 Å². The second-order valence-corrected chi connectivity index (χ2v) is 18.9. The van der Waals surface area contributed by atoms with Gasteiger partial charge < -0.3 is 9.47 Å². The van der Waals surface area contributed by atoms with Crippen LogP contribution in [0.25, 0.3) is 11.1 Å². The fourth-order valence-corrected chi connectivity index (χ4v) is 9.47. The largest absolute Gasteiger partial charge is 0.494 e. The molecule has 0 aromatic heterocycles. The van der Waals surface area contributed by atoms with Crippen molar-refractivity contribution in [2.24, 2.45) is 10.2 Å². The first kappa shape index (κ1) is 48.9. The molecule has 0 amide bonds. The molecule has 1 atom stereocenters. The van der Waals surface area contributed by atoms with Gasteiger partial charge in [0.1, 0.15) is 11.5 Å². The van der Waals surface area contributed by atoms with Crippen LogP contribution in [0, 0.1) is 6.92 Å². The maximum absolute atomic E-state index is 6.35. The van der Waals surface area contributed by atoms with E-state index < -0.39 is 0 Å². The Hall–Kier alpha value is -2.44. The molecule has 0 saturated carbocycles. The number of benzene rings is 3. The van der Waals surface area contributed by atoms with Gasteiger partial charge in [-0.25, -0.2) is 0 Å². The summed E-state index contributed by atoms with van der Waals surface area (Å²) in [6, 6.07) is 21.0. The van der Waals surface area contributed by atoms with E-state index in [0.29, 0.717) is 5.92 Å². The lowest BCUT2D eigenvalue weighted by atomic mass is 9.97. The molecule has 3 aromatic rings. The van der Waals surface area contributed by atoms with Crippen molar-refractivity contribution < 1.29 is 9.47 Å². The number of hydrogen-bond acceptors (Lipinski definition) is 6. The second-order valence-electron chi connectivity index (χ2n) is 16.2. The molecule has 3 aromatic carbocycles. The molecule has 0 N–H and O–H groups in total. The van der Waals surface area contributed by atoms with Gasteiger partial charge in [0, 0.05) is 11.5 Å². The molecule has 0 radical (unpaired) electrons. The Morgan fingerprint density at radius 3 is 1.54 bits per heavy atom. The fraction of sp³-hybridized carbons (Fsp3) is 0.647. The average molecular weight is 817 g/mol. The Balaban J connectivity index is 1.22. The maximum atomic E-state index is 6.35. The van der Waals surface area contributed by atoms with E-state index in [1.807, 2.05) is 12.1 Å². The third-order valence-corrected chi connectivity index (χ3v) is 13.7. The molecule has 0 saturated heterocycles. The highest BCUT2D eigenvalue weighted by atomic mass is 33.1. The summed E-state index contributed by atoms with van der Waals surface area (Å²) in [5, 5.41) is 9.25. The molecule has 0 aliphatic rings. The van der Waals surface area contributed by atoms with Crippen LogP contribution in [0.3, 0.4) is 0 Å². The summed E-state index contributed by atoms with van der Waals surface area (Å²) in [7, 11) is 4.23. The van der Waals surface area contributed by atoms with Crippen molar-refractivity contribution in [2.75, 3.05) is 24.7 Å². The summed E-state index contributed by atoms with van der Waals surface area (Å²) in [6.07, 6.45) is 31.0. The lowest BCUT2D eigenvalue weighted by Crippen LogP contribution is -2.02. The Labute approximate surface area is 358 Å². The first-order chi connectivity index (χ1) is 28.0. The SMILES string of the molecule is CCCCCCCCCCCCSSCCCCCCCCCCCCOc1ccc(N=Nc2ccc(-c3ccc(OCCCC)cc3)c(C)c2)cc1C(C)CC. The van der Waals surface area contributed by atoms with E-state index in [2.05, 4.69) is 115 Å². The van der Waals surface area contributed by atoms with E-state index >= 15 is 0 Å². The standard InChI is InChI=1S/C51H80N2O2S2/c1-6-9-11-12-13-14-18-21-24-27-39-56-57-40-28-25-22-19-16-15-17-20-23-26-38-55-51-36-32-47(42-50(51)43(4)8-3)53-52-46-31-35-49(44(5)41-46)45-29-33-48(34-30-45)54-37-10-7-2/h29-36,41-43H,6-28,37-40H2,1-5H3. The molecule has 318 valence electrons. The van der Waals surface area contributed by atoms with Gasteiger partial charge >= 0.3 is 0 Å². The number of nitrogens with zero attached hydrogens (tertiary/aromatic N) is 2. The number of rotatable bonds is 35. The summed E-state index contributed by atoms with van der Waals surface area (Å²) >= 11 is 0. The minimum atomic E-state index is 0.400. The van der Waals surface area contributed by atoms with Gasteiger partial charge in [0.15, 0.2) is 0 Å². The minimum absolute atomic E-state index is 0.400.